The molecule has 7 aromatic heterocycles. The maximum absolute atomic E-state index is 14.4. The monoisotopic (exact) mass is 1340 g/mol. The number of nitrogens with one attached hydrogen (secondary N) is 5. The van der Waals surface area contributed by atoms with Crippen LogP contribution in [0.4, 0.5) is 10.6 Å². The van der Waals surface area contributed by atoms with Crippen LogP contribution in [0, 0.1) is 18.8 Å². The highest BCUT2D eigenvalue weighted by Gasteiger charge is 2.36. The maximum Gasteiger partial charge on any atom is 0.415 e. The summed E-state index contributed by atoms with van der Waals surface area (Å²) in [7, 11) is 2.91. The number of aromatic nitrogens is 7. The highest BCUT2D eigenvalue weighted by Crippen LogP contribution is 2.41. The third-order valence-electron chi connectivity index (χ3n) is 14.5. The Kier molecular flexibility index (Phi) is 20.6. The summed E-state index contributed by atoms with van der Waals surface area (Å²) in [4.78, 5) is 143. The minimum absolute atomic E-state index is 0.0158. The zero-order valence-electron chi connectivity index (χ0n) is 48.7. The van der Waals surface area contributed by atoms with Gasteiger partial charge >= 0.3 is 18.0 Å². The Labute approximate surface area is 537 Å². The Morgan fingerprint density at radius 1 is 0.722 bits per heavy atom. The van der Waals surface area contributed by atoms with Crippen LogP contribution in [-0.4, -0.2) is 131 Å². The van der Waals surface area contributed by atoms with Crippen LogP contribution >= 0.6 is 68.0 Å². The summed E-state index contributed by atoms with van der Waals surface area (Å²) in [5.41, 5.74) is 2.25. The Bertz CT molecular complexity index is 3990. The molecule has 6 amide bonds. The average molecular weight is 1340 g/mol. The number of rotatable bonds is 15. The molecule has 0 unspecified atom stereocenters. The number of amides is 6. The van der Waals surface area contributed by atoms with Gasteiger partial charge in [-0.2, -0.15) is 0 Å². The van der Waals surface area contributed by atoms with Gasteiger partial charge in [0.2, 0.25) is 11.8 Å². The number of aliphatic hydroxyl groups excluding tert-OH is 1. The summed E-state index contributed by atoms with van der Waals surface area (Å²) >= 11 is 6.93. The highest BCUT2D eigenvalue weighted by atomic mass is 32.1. The van der Waals surface area contributed by atoms with E-state index in [1.54, 1.807) is 70.9 Å². The fourth-order valence-electron chi connectivity index (χ4n) is 9.86. The predicted octanol–water partition coefficient (Wildman–Crippen LogP) is 8.37. The number of fused-ring (bicyclic) bond motifs is 14. The van der Waals surface area contributed by atoms with E-state index in [1.807, 2.05) is 13.8 Å². The smallest absolute Gasteiger partial charge is 0.415 e. The number of carbonyl (C=O) groups excluding carboxylic acids is 6. The lowest BCUT2D eigenvalue weighted by atomic mass is 10.0. The van der Waals surface area contributed by atoms with Gasteiger partial charge in [0.25, 0.3) is 17.7 Å². The average Bonchev–Trinajstić information content (AvgIpc) is 1.82. The number of pyridine rings is 1. The molecule has 10 bridgehead atoms. The van der Waals surface area contributed by atoms with E-state index in [2.05, 4.69) is 36.6 Å². The van der Waals surface area contributed by atoms with Gasteiger partial charge in [-0.15, -0.1) is 68.0 Å². The van der Waals surface area contributed by atoms with Crippen LogP contribution in [0.5, 0.6) is 0 Å². The molecular weight excluding hydrogens is 1280 g/mol. The minimum atomic E-state index is -1.31. The van der Waals surface area contributed by atoms with Crippen molar-refractivity contribution in [1.82, 2.24) is 61.5 Å². The molecule has 8 aromatic rings. The van der Waals surface area contributed by atoms with Crippen molar-refractivity contribution in [1.29, 1.82) is 0 Å². The molecule has 8 N–H and O–H groups in total. The van der Waals surface area contributed by atoms with Crippen molar-refractivity contribution in [2.45, 2.75) is 96.2 Å². The maximum atomic E-state index is 14.4. The number of thiazole rings is 6. The van der Waals surface area contributed by atoms with Crippen LogP contribution in [-0.2, 0) is 35.3 Å². The fraction of sp³-hybridized carbons (Fsp3) is 0.362. The van der Waals surface area contributed by atoms with Crippen LogP contribution in [0.3, 0.4) is 0 Å². The van der Waals surface area contributed by atoms with Crippen molar-refractivity contribution in [2.75, 3.05) is 32.1 Å². The summed E-state index contributed by atoms with van der Waals surface area (Å²) in [5.74, 6) is -5.86. The molecule has 0 radical (unpaired) electrons. The SMILES string of the molecule is CNC(=O)C[C@@H]1NC(=O)c2csc(n2)-c2ccc(-c3nc(N(CCCC(=O)O)C(=O)O[C@H]4CC[C@H](C(=O)O)C4)cs3)nc2-c2csc(n2)-c2csc(n2)[C@H]([C@@H](O)c2ccccc2)NC(=O)CNC(=O)c2nc(sc2COC)[C@H](C(C)C)NC(=O)c2nc1sc2C. The minimum Gasteiger partial charge on any atom is -0.481 e. The van der Waals surface area contributed by atoms with E-state index < -0.39 is 90.4 Å². The Hall–Kier alpha value is -8.37. The predicted molar refractivity (Wildman–Crippen MR) is 336 cm³/mol. The molecule has 1 aliphatic carbocycles. The number of aliphatic hydroxyl groups is 1. The summed E-state index contributed by atoms with van der Waals surface area (Å²) in [6, 6.07) is 9.19. The van der Waals surface area contributed by atoms with Crippen molar-refractivity contribution < 1.29 is 63.1 Å². The molecule has 2 aliphatic rings. The lowest BCUT2D eigenvalue weighted by Gasteiger charge is -2.23. The van der Waals surface area contributed by atoms with Crippen LogP contribution in [0.25, 0.3) is 43.4 Å². The van der Waals surface area contributed by atoms with Crippen LogP contribution in [0.15, 0.2) is 64.0 Å². The molecule has 0 spiro atoms. The number of nitrogens with zero attached hydrogens (tertiary/aromatic N) is 8. The number of aryl methyl sites for hydroxylation is 1. The second-order valence-electron chi connectivity index (χ2n) is 21.1. The van der Waals surface area contributed by atoms with E-state index >= 15 is 0 Å². The standard InChI is InChI=1S/C58H59N13O13S6/c1-26(2)42-56-70-45(37(90-56)21-83-5)49(78)60-20-40(73)67-46(47(76)28-10-7-6-8-11-28)55-65-36(24-87-55)53-63-34(22-86-53)44-31(51-64-35(23-85-51)48(77)62-33(19-39(72)59-4)54-69-43(27(3)89-54)50(79)68-42)15-16-32(61-44)52-66-38(25-88-52)71(17-9-12-41(74)75)58(82)84-30-14-13-29(18-30)57(80)81/h6-8,10-11,15-16,22-26,29-30,33,42,46-47,76H,9,12-14,17-21H2,1-5H3,(H,59,72)(H,60,78)(H,62,77)(H,67,73)(H,68,79)(H,74,75)(H,80,81)/t29-,30-,33-,42-,46-,47-/m0/s1. The number of carboxylic acid groups (broad SMARTS) is 2. The van der Waals surface area contributed by atoms with Crippen molar-refractivity contribution >= 4 is 121 Å². The topological polar surface area (TPSA) is 369 Å². The van der Waals surface area contributed by atoms with Crippen LogP contribution in [0.2, 0.25) is 0 Å². The van der Waals surface area contributed by atoms with E-state index in [9.17, 15) is 53.7 Å². The van der Waals surface area contributed by atoms with Gasteiger partial charge in [0.1, 0.15) is 88.3 Å². The van der Waals surface area contributed by atoms with Crippen molar-refractivity contribution in [3.05, 3.63) is 111 Å². The van der Waals surface area contributed by atoms with E-state index in [-0.39, 0.29) is 78.4 Å². The summed E-state index contributed by atoms with van der Waals surface area (Å²) in [5, 5.41) is 53.7. The van der Waals surface area contributed by atoms with Gasteiger partial charge in [0.15, 0.2) is 0 Å². The second kappa shape index (κ2) is 28.6. The number of methoxy groups -OCH3 is 1. The zero-order valence-corrected chi connectivity index (χ0v) is 53.6. The van der Waals surface area contributed by atoms with Gasteiger partial charge in [-0.25, -0.2) is 39.7 Å². The first kappa shape index (κ1) is 64.6. The van der Waals surface area contributed by atoms with Crippen molar-refractivity contribution in [3.63, 3.8) is 0 Å². The van der Waals surface area contributed by atoms with E-state index in [1.165, 1.54) is 30.4 Å². The van der Waals surface area contributed by atoms with E-state index in [0.717, 1.165) is 56.7 Å². The van der Waals surface area contributed by atoms with E-state index in [4.69, 9.17) is 34.4 Å². The molecule has 6 atom stereocenters. The quantitative estimate of drug-likeness (QED) is 0.0477. The number of benzene rings is 1. The molecule has 0 saturated heterocycles. The molecule has 10 rings (SSSR count). The molecule has 1 aromatic carbocycles. The largest absolute Gasteiger partial charge is 0.481 e. The third kappa shape index (κ3) is 14.9. The first-order valence-corrected chi connectivity index (χ1v) is 33.3. The molecular formula is C58H59N13O13S6. The number of hydrogen-bond acceptors (Lipinski definition) is 24. The number of aliphatic carboxylic acids is 2. The number of carboxylic acids is 2. The Morgan fingerprint density at radius 3 is 2.18 bits per heavy atom. The zero-order chi connectivity index (χ0) is 63.9. The summed E-state index contributed by atoms with van der Waals surface area (Å²) in [6.45, 7) is 4.80. The van der Waals surface area contributed by atoms with Gasteiger partial charge in [-0.3, -0.25) is 38.5 Å². The highest BCUT2D eigenvalue weighted by molar-refractivity contribution is 7.15. The molecule has 32 heteroatoms. The Balaban J connectivity index is 1.04. The van der Waals surface area contributed by atoms with Gasteiger partial charge in [-0.1, -0.05) is 44.2 Å². The summed E-state index contributed by atoms with van der Waals surface area (Å²) < 4.78 is 11.2. The van der Waals surface area contributed by atoms with E-state index in [0.29, 0.717) is 75.8 Å². The van der Waals surface area contributed by atoms with Crippen molar-refractivity contribution in [2.24, 2.45) is 11.8 Å². The Morgan fingerprint density at radius 2 is 1.44 bits per heavy atom. The van der Waals surface area contributed by atoms with Crippen LogP contribution in [0.1, 0.15) is 138 Å². The molecule has 26 nitrogen and oxygen atoms in total. The third-order valence-corrected chi connectivity index (χ3v) is 20.2. The molecule has 470 valence electrons. The fourth-order valence-corrected chi connectivity index (χ4v) is 15.4. The van der Waals surface area contributed by atoms with Crippen molar-refractivity contribution in [3.8, 4) is 43.4 Å². The molecule has 1 aliphatic heterocycles. The van der Waals surface area contributed by atoms with Gasteiger partial charge in [0, 0.05) is 59.1 Å². The molecule has 90 heavy (non-hydrogen) atoms. The number of carbonyl (C=O) groups is 8. The van der Waals surface area contributed by atoms with Gasteiger partial charge in [0.05, 0.1) is 48.1 Å². The first-order chi connectivity index (χ1) is 43.2. The number of hydrogen-bond donors (Lipinski definition) is 8. The molecule has 1 saturated carbocycles. The van der Waals surface area contributed by atoms with Crippen LogP contribution < -0.4 is 31.5 Å². The number of anilines is 1. The van der Waals surface area contributed by atoms with Gasteiger partial charge in [-0.05, 0) is 56.2 Å². The number of ether oxygens (including phenoxy) is 2. The molecule has 8 heterocycles. The molecule has 1 fully saturated rings. The van der Waals surface area contributed by atoms with Gasteiger partial charge < -0.3 is 51.4 Å². The first-order valence-electron chi connectivity index (χ1n) is 28.1. The second-order valence-corrected chi connectivity index (χ2v) is 27.0. The lowest BCUT2D eigenvalue weighted by molar-refractivity contribution is -0.141. The summed E-state index contributed by atoms with van der Waals surface area (Å²) in [6.07, 6.45) is -2.42. The normalized spacial score (nSPS) is 18.4. The lowest BCUT2D eigenvalue weighted by Crippen LogP contribution is -2.40.